The van der Waals surface area contributed by atoms with Crippen LogP contribution in [0.4, 0.5) is 0 Å². The first-order valence-electron chi connectivity index (χ1n) is 11.5. The number of thiophene rings is 1. The zero-order valence-electron chi connectivity index (χ0n) is 19.0. The van der Waals surface area contributed by atoms with Gasteiger partial charge in [0.15, 0.2) is 0 Å². The van der Waals surface area contributed by atoms with Crippen molar-refractivity contribution in [3.05, 3.63) is 72.6 Å². The zero-order chi connectivity index (χ0) is 23.3. The number of aromatic nitrogens is 6. The third kappa shape index (κ3) is 2.58. The maximum absolute atomic E-state index is 4.76. The van der Waals surface area contributed by atoms with Gasteiger partial charge in [-0.25, -0.2) is 9.97 Å². The SMILES string of the molecule is Cc1nc2c(ccc3c4ccc(-c5ccc6c(c5)c5nccnc5c5[nH]c(C)nc65)cc4sc32)[nH]1. The van der Waals surface area contributed by atoms with Gasteiger partial charge in [-0.05, 0) is 43.2 Å². The molecule has 0 fully saturated rings. The van der Waals surface area contributed by atoms with Crippen LogP contribution in [0.1, 0.15) is 11.6 Å². The van der Waals surface area contributed by atoms with Gasteiger partial charge in [0.1, 0.15) is 22.7 Å². The minimum absolute atomic E-state index is 0.853. The summed E-state index contributed by atoms with van der Waals surface area (Å²) in [6.07, 6.45) is 3.49. The summed E-state index contributed by atoms with van der Waals surface area (Å²) < 4.78 is 2.49. The predicted molar refractivity (Wildman–Crippen MR) is 144 cm³/mol. The summed E-state index contributed by atoms with van der Waals surface area (Å²) in [6, 6.07) is 17.6. The topological polar surface area (TPSA) is 83.1 Å². The summed E-state index contributed by atoms with van der Waals surface area (Å²) in [6.45, 7) is 3.98. The second-order valence-corrected chi connectivity index (χ2v) is 10.1. The Balaban J connectivity index is 1.39. The summed E-state index contributed by atoms with van der Waals surface area (Å²) in [5.74, 6) is 1.82. The van der Waals surface area contributed by atoms with Crippen LogP contribution in [-0.4, -0.2) is 29.9 Å². The van der Waals surface area contributed by atoms with E-state index in [-0.39, 0.29) is 0 Å². The molecule has 6 nitrogen and oxygen atoms in total. The minimum Gasteiger partial charge on any atom is -0.342 e. The van der Waals surface area contributed by atoms with Crippen molar-refractivity contribution in [2.45, 2.75) is 13.8 Å². The lowest BCUT2D eigenvalue weighted by molar-refractivity contribution is 1.17. The van der Waals surface area contributed by atoms with Gasteiger partial charge in [-0.3, -0.25) is 9.97 Å². The van der Waals surface area contributed by atoms with Crippen LogP contribution in [0.3, 0.4) is 0 Å². The van der Waals surface area contributed by atoms with Crippen LogP contribution in [0.25, 0.3) is 75.2 Å². The number of hydrogen-bond acceptors (Lipinski definition) is 5. The molecule has 0 aliphatic rings. The fourth-order valence-electron chi connectivity index (χ4n) is 5.31. The van der Waals surface area contributed by atoms with E-state index in [1.54, 1.807) is 23.7 Å². The smallest absolute Gasteiger partial charge is 0.115 e. The Morgan fingerprint density at radius 1 is 0.629 bits per heavy atom. The van der Waals surface area contributed by atoms with Gasteiger partial charge in [0.05, 0.1) is 26.8 Å². The summed E-state index contributed by atoms with van der Waals surface area (Å²) in [4.78, 5) is 25.5. The van der Waals surface area contributed by atoms with E-state index in [2.05, 4.69) is 63.5 Å². The Kier molecular flexibility index (Phi) is 3.59. The number of imidazole rings is 2. The molecule has 0 amide bonds. The number of fused-ring (bicyclic) bond motifs is 11. The Labute approximate surface area is 202 Å². The highest BCUT2D eigenvalue weighted by Crippen LogP contribution is 2.40. The minimum atomic E-state index is 0.853. The van der Waals surface area contributed by atoms with Crippen LogP contribution < -0.4 is 0 Å². The fraction of sp³-hybridized carbons (Fsp3) is 0.0714. The van der Waals surface area contributed by atoms with Crippen LogP contribution in [0.15, 0.2) is 60.9 Å². The largest absolute Gasteiger partial charge is 0.342 e. The van der Waals surface area contributed by atoms with Crippen LogP contribution in [-0.2, 0) is 0 Å². The number of aromatic amines is 2. The van der Waals surface area contributed by atoms with Crippen molar-refractivity contribution in [2.24, 2.45) is 0 Å². The maximum atomic E-state index is 4.76. The lowest BCUT2D eigenvalue weighted by Gasteiger charge is -2.08. The van der Waals surface area contributed by atoms with E-state index in [4.69, 9.17) is 15.0 Å². The molecule has 0 saturated heterocycles. The first kappa shape index (κ1) is 19.0. The predicted octanol–water partition coefficient (Wildman–Crippen LogP) is 7.19. The molecule has 4 aromatic carbocycles. The molecule has 0 bridgehead atoms. The molecule has 0 unspecified atom stereocenters. The highest BCUT2D eigenvalue weighted by Gasteiger charge is 2.16. The molecule has 166 valence electrons. The molecule has 4 heterocycles. The molecule has 0 atom stereocenters. The summed E-state index contributed by atoms with van der Waals surface area (Å²) in [7, 11) is 0. The average molecular weight is 471 g/mol. The Morgan fingerprint density at radius 2 is 1.34 bits per heavy atom. The number of rotatable bonds is 1. The van der Waals surface area contributed by atoms with Gasteiger partial charge in [-0.2, -0.15) is 0 Å². The number of H-pyrrole nitrogens is 2. The van der Waals surface area contributed by atoms with Crippen molar-refractivity contribution in [3.8, 4) is 11.1 Å². The van der Waals surface area contributed by atoms with Crippen molar-refractivity contribution >= 4 is 75.4 Å². The monoisotopic (exact) mass is 470 g/mol. The third-order valence-corrected chi connectivity index (χ3v) is 8.01. The second-order valence-electron chi connectivity index (χ2n) is 9.03. The molecule has 0 aliphatic heterocycles. The van der Waals surface area contributed by atoms with E-state index < -0.39 is 0 Å². The molecular formula is C28H18N6S. The van der Waals surface area contributed by atoms with E-state index in [1.165, 1.54) is 25.7 Å². The molecule has 0 saturated carbocycles. The van der Waals surface area contributed by atoms with Crippen molar-refractivity contribution in [3.63, 3.8) is 0 Å². The Morgan fingerprint density at radius 3 is 2.23 bits per heavy atom. The van der Waals surface area contributed by atoms with Gasteiger partial charge in [-0.1, -0.05) is 30.3 Å². The molecule has 0 aliphatic carbocycles. The second kappa shape index (κ2) is 6.61. The van der Waals surface area contributed by atoms with E-state index in [9.17, 15) is 0 Å². The number of nitrogens with zero attached hydrogens (tertiary/aromatic N) is 4. The van der Waals surface area contributed by atoms with E-state index in [1.807, 2.05) is 13.8 Å². The van der Waals surface area contributed by atoms with Crippen LogP contribution in [0.5, 0.6) is 0 Å². The van der Waals surface area contributed by atoms with Crippen molar-refractivity contribution in [1.29, 1.82) is 0 Å². The van der Waals surface area contributed by atoms with Gasteiger partial charge in [0, 0.05) is 38.6 Å². The van der Waals surface area contributed by atoms with Crippen LogP contribution in [0, 0.1) is 13.8 Å². The summed E-state index contributed by atoms with van der Waals surface area (Å²) in [5.41, 5.74) is 8.09. The summed E-state index contributed by atoms with van der Waals surface area (Å²) >= 11 is 1.81. The number of hydrogen-bond donors (Lipinski definition) is 2. The lowest BCUT2D eigenvalue weighted by atomic mass is 9.98. The van der Waals surface area contributed by atoms with Gasteiger partial charge in [0.2, 0.25) is 0 Å². The molecule has 35 heavy (non-hydrogen) atoms. The van der Waals surface area contributed by atoms with Crippen LogP contribution in [0.2, 0.25) is 0 Å². The maximum Gasteiger partial charge on any atom is 0.115 e. The number of benzene rings is 4. The standard InChI is InChI=1S/C28H18N6S/c1-13-31-21-8-7-19-17-5-3-16(12-22(17)35-28(19)25(21)33-13)15-4-6-18-20(11-15)23-26(30-10-9-29-23)27-24(18)32-14(2)34-27/h3-12H,1-2H3,(H,31,33)(H,32,34). The molecule has 7 heteroatoms. The highest BCUT2D eigenvalue weighted by atomic mass is 32.1. The molecule has 8 rings (SSSR count). The van der Waals surface area contributed by atoms with Crippen LogP contribution >= 0.6 is 11.3 Å². The summed E-state index contributed by atoms with van der Waals surface area (Å²) in [5, 5.41) is 4.67. The Bertz CT molecular complexity index is 2150. The number of nitrogens with one attached hydrogen (secondary N) is 2. The molecular weight excluding hydrogens is 452 g/mol. The van der Waals surface area contributed by atoms with Crippen molar-refractivity contribution in [1.82, 2.24) is 29.9 Å². The average Bonchev–Trinajstić information content (AvgIpc) is 3.56. The quantitative estimate of drug-likeness (QED) is 0.249. The fourth-order valence-corrected chi connectivity index (χ4v) is 6.54. The molecule has 8 aromatic rings. The van der Waals surface area contributed by atoms with Gasteiger partial charge >= 0.3 is 0 Å². The van der Waals surface area contributed by atoms with E-state index in [0.29, 0.717) is 0 Å². The molecule has 0 spiro atoms. The number of aryl methyl sites for hydroxylation is 2. The Hall–Kier alpha value is -4.36. The highest BCUT2D eigenvalue weighted by molar-refractivity contribution is 7.26. The van der Waals surface area contributed by atoms with Crippen molar-refractivity contribution in [2.75, 3.05) is 0 Å². The van der Waals surface area contributed by atoms with E-state index in [0.717, 1.165) is 61.1 Å². The molecule has 0 radical (unpaired) electrons. The van der Waals surface area contributed by atoms with Gasteiger partial charge in [-0.15, -0.1) is 11.3 Å². The molecule has 4 aromatic heterocycles. The third-order valence-electron chi connectivity index (χ3n) is 6.83. The van der Waals surface area contributed by atoms with Gasteiger partial charge in [0.25, 0.3) is 0 Å². The van der Waals surface area contributed by atoms with E-state index >= 15 is 0 Å². The molecule has 2 N–H and O–H groups in total. The van der Waals surface area contributed by atoms with Gasteiger partial charge < -0.3 is 9.97 Å². The van der Waals surface area contributed by atoms with Crippen molar-refractivity contribution < 1.29 is 0 Å². The first-order chi connectivity index (χ1) is 17.1. The normalized spacial score (nSPS) is 12.3. The zero-order valence-corrected chi connectivity index (χ0v) is 19.8. The first-order valence-corrected chi connectivity index (χ1v) is 12.3. The lowest BCUT2D eigenvalue weighted by Crippen LogP contribution is -1.88.